The van der Waals surface area contributed by atoms with Crippen LogP contribution in [0.25, 0.3) is 0 Å². The second kappa shape index (κ2) is 9.26. The van der Waals surface area contributed by atoms with E-state index in [1.807, 2.05) is 61.0 Å². The number of aryl methyl sites for hydroxylation is 1. The van der Waals surface area contributed by atoms with Gasteiger partial charge < -0.3 is 15.0 Å². The zero-order chi connectivity index (χ0) is 22.7. The van der Waals surface area contributed by atoms with Crippen molar-refractivity contribution in [3.05, 3.63) is 77.1 Å². The molecule has 2 aromatic carbocycles. The van der Waals surface area contributed by atoms with E-state index in [0.29, 0.717) is 31.1 Å². The summed E-state index contributed by atoms with van der Waals surface area (Å²) in [7, 11) is 1.58. The molecule has 0 saturated carbocycles. The zero-order valence-electron chi connectivity index (χ0n) is 18.7. The molecule has 2 amide bonds. The number of aromatic nitrogens is 2. The van der Waals surface area contributed by atoms with Crippen LogP contribution in [0.5, 0.6) is 5.75 Å². The zero-order valence-corrected chi connectivity index (χ0v) is 18.7. The van der Waals surface area contributed by atoms with Gasteiger partial charge in [-0.3, -0.25) is 14.3 Å². The molecule has 0 aliphatic carbocycles. The molecule has 1 atom stereocenters. The molecule has 1 aliphatic heterocycles. The lowest BCUT2D eigenvalue weighted by Gasteiger charge is -2.19. The Morgan fingerprint density at radius 1 is 1.12 bits per heavy atom. The Bertz CT molecular complexity index is 1120. The minimum atomic E-state index is -0.396. The van der Waals surface area contributed by atoms with Gasteiger partial charge >= 0.3 is 0 Å². The molecule has 1 fully saturated rings. The summed E-state index contributed by atoms with van der Waals surface area (Å²) in [6, 6.07) is 17.5. The van der Waals surface area contributed by atoms with Gasteiger partial charge in [0.2, 0.25) is 11.8 Å². The fourth-order valence-corrected chi connectivity index (χ4v) is 4.19. The lowest BCUT2D eigenvalue weighted by molar-refractivity contribution is -0.126. The predicted molar refractivity (Wildman–Crippen MR) is 123 cm³/mol. The molecule has 0 radical (unpaired) electrons. The van der Waals surface area contributed by atoms with Crippen LogP contribution in [0, 0.1) is 19.8 Å². The van der Waals surface area contributed by atoms with Gasteiger partial charge in [0, 0.05) is 30.8 Å². The first-order valence-corrected chi connectivity index (χ1v) is 10.8. The largest absolute Gasteiger partial charge is 0.495 e. The Labute approximate surface area is 188 Å². The number of nitrogens with zero attached hydrogens (tertiary/aromatic N) is 3. The fraction of sp³-hybridized carbons (Fsp3) is 0.320. The third kappa shape index (κ3) is 4.37. The molecule has 1 saturated heterocycles. The van der Waals surface area contributed by atoms with E-state index in [2.05, 4.69) is 22.5 Å². The average Bonchev–Trinajstić information content (AvgIpc) is 3.32. The van der Waals surface area contributed by atoms with Gasteiger partial charge in [0.15, 0.2) is 0 Å². The van der Waals surface area contributed by atoms with E-state index < -0.39 is 5.92 Å². The Hall–Kier alpha value is -3.61. The SMILES string of the molecule is COc1ccccc1N1CC(C(=O)NCc2c(C)nn(Cc3ccccc3)c2C)CC1=O. The summed E-state index contributed by atoms with van der Waals surface area (Å²) < 4.78 is 7.34. The first-order chi connectivity index (χ1) is 15.5. The maximum Gasteiger partial charge on any atom is 0.227 e. The van der Waals surface area contributed by atoms with Crippen molar-refractivity contribution >= 4 is 17.5 Å². The number of nitrogens with one attached hydrogen (secondary N) is 1. The van der Waals surface area contributed by atoms with Crippen LogP contribution in [0.15, 0.2) is 54.6 Å². The van der Waals surface area contributed by atoms with Crippen LogP contribution in [0.1, 0.15) is 28.9 Å². The highest BCUT2D eigenvalue weighted by Crippen LogP contribution is 2.32. The molecule has 1 unspecified atom stereocenters. The average molecular weight is 433 g/mol. The molecule has 7 nitrogen and oxygen atoms in total. The smallest absolute Gasteiger partial charge is 0.227 e. The van der Waals surface area contributed by atoms with Crippen molar-refractivity contribution in [2.75, 3.05) is 18.6 Å². The lowest BCUT2D eigenvalue weighted by atomic mass is 10.1. The van der Waals surface area contributed by atoms with Crippen molar-refractivity contribution < 1.29 is 14.3 Å². The van der Waals surface area contributed by atoms with E-state index in [-0.39, 0.29) is 18.2 Å². The van der Waals surface area contributed by atoms with Gasteiger partial charge in [-0.25, -0.2) is 0 Å². The van der Waals surface area contributed by atoms with E-state index in [9.17, 15) is 9.59 Å². The summed E-state index contributed by atoms with van der Waals surface area (Å²) in [5.41, 5.74) is 4.82. The second-order valence-electron chi connectivity index (χ2n) is 8.09. The topological polar surface area (TPSA) is 76.5 Å². The molecule has 7 heteroatoms. The summed E-state index contributed by atoms with van der Waals surface area (Å²) in [5.74, 6) is 0.0365. The second-order valence-corrected chi connectivity index (χ2v) is 8.09. The number of benzene rings is 2. The van der Waals surface area contributed by atoms with Crippen LogP contribution >= 0.6 is 0 Å². The quantitative estimate of drug-likeness (QED) is 0.622. The number of anilines is 1. The Morgan fingerprint density at radius 2 is 1.84 bits per heavy atom. The van der Waals surface area contributed by atoms with Crippen molar-refractivity contribution in [2.45, 2.75) is 33.4 Å². The Morgan fingerprint density at radius 3 is 2.59 bits per heavy atom. The van der Waals surface area contributed by atoms with Crippen molar-refractivity contribution in [3.63, 3.8) is 0 Å². The molecule has 0 bridgehead atoms. The van der Waals surface area contributed by atoms with Crippen molar-refractivity contribution in [1.29, 1.82) is 0 Å². The number of hydrogen-bond acceptors (Lipinski definition) is 4. The molecule has 2 heterocycles. The number of rotatable bonds is 7. The number of carbonyl (C=O) groups excluding carboxylic acids is 2. The molecule has 0 spiro atoms. The van der Waals surface area contributed by atoms with Gasteiger partial charge in [0.1, 0.15) is 5.75 Å². The predicted octanol–water partition coefficient (Wildman–Crippen LogP) is 3.23. The lowest BCUT2D eigenvalue weighted by Crippen LogP contribution is -2.33. The summed E-state index contributed by atoms with van der Waals surface area (Å²) in [6.45, 7) is 5.40. The molecular weight excluding hydrogens is 404 g/mol. The van der Waals surface area contributed by atoms with Gasteiger partial charge in [-0.05, 0) is 31.5 Å². The highest BCUT2D eigenvalue weighted by Gasteiger charge is 2.36. The van der Waals surface area contributed by atoms with Crippen LogP contribution in [-0.4, -0.2) is 35.2 Å². The van der Waals surface area contributed by atoms with E-state index in [1.165, 1.54) is 5.56 Å². The normalized spacial score (nSPS) is 15.8. The summed E-state index contributed by atoms with van der Waals surface area (Å²) in [4.78, 5) is 27.1. The maximum atomic E-state index is 12.9. The third-order valence-electron chi connectivity index (χ3n) is 6.02. The van der Waals surface area contributed by atoms with E-state index in [1.54, 1.807) is 12.0 Å². The summed E-state index contributed by atoms with van der Waals surface area (Å²) >= 11 is 0. The van der Waals surface area contributed by atoms with Crippen LogP contribution < -0.4 is 15.0 Å². The maximum absolute atomic E-state index is 12.9. The minimum absolute atomic E-state index is 0.0716. The number of ether oxygens (including phenoxy) is 1. The Kier molecular flexibility index (Phi) is 6.25. The molecule has 4 rings (SSSR count). The first-order valence-electron chi connectivity index (χ1n) is 10.8. The number of methoxy groups -OCH3 is 1. The van der Waals surface area contributed by atoms with Crippen LogP contribution in [0.3, 0.4) is 0 Å². The van der Waals surface area contributed by atoms with Crippen LogP contribution in [-0.2, 0) is 22.7 Å². The van der Waals surface area contributed by atoms with Crippen molar-refractivity contribution in [2.24, 2.45) is 5.92 Å². The fourth-order valence-electron chi connectivity index (χ4n) is 4.19. The molecule has 32 heavy (non-hydrogen) atoms. The molecule has 1 aromatic heterocycles. The minimum Gasteiger partial charge on any atom is -0.495 e. The van der Waals surface area contributed by atoms with E-state index >= 15 is 0 Å². The van der Waals surface area contributed by atoms with Crippen molar-refractivity contribution in [1.82, 2.24) is 15.1 Å². The highest BCUT2D eigenvalue weighted by atomic mass is 16.5. The number of amides is 2. The molecule has 3 aromatic rings. The van der Waals surface area contributed by atoms with E-state index in [0.717, 1.165) is 17.0 Å². The highest BCUT2D eigenvalue weighted by molar-refractivity contribution is 6.01. The van der Waals surface area contributed by atoms with Gasteiger partial charge in [-0.2, -0.15) is 5.10 Å². The standard InChI is InChI=1S/C25H28N4O3/c1-17-21(18(2)29(27-17)15-19-9-5-4-6-10-19)14-26-25(31)20-13-24(30)28(16-20)22-11-7-8-12-23(22)32-3/h4-12,20H,13-16H2,1-3H3,(H,26,31). The van der Waals surface area contributed by atoms with Crippen LogP contribution in [0.2, 0.25) is 0 Å². The van der Waals surface area contributed by atoms with E-state index in [4.69, 9.17) is 4.74 Å². The number of para-hydroxylation sites is 2. The molecule has 1 aliphatic rings. The van der Waals surface area contributed by atoms with Gasteiger partial charge in [0.05, 0.1) is 31.0 Å². The molecule has 1 N–H and O–H groups in total. The van der Waals surface area contributed by atoms with Gasteiger partial charge in [-0.15, -0.1) is 0 Å². The first kappa shape index (κ1) is 21.6. The van der Waals surface area contributed by atoms with Crippen molar-refractivity contribution in [3.8, 4) is 5.75 Å². The number of hydrogen-bond donors (Lipinski definition) is 1. The molecular formula is C25H28N4O3. The Balaban J connectivity index is 1.41. The molecule has 166 valence electrons. The number of carbonyl (C=O) groups is 2. The van der Waals surface area contributed by atoms with Crippen LogP contribution in [0.4, 0.5) is 5.69 Å². The van der Waals surface area contributed by atoms with Gasteiger partial charge in [0.25, 0.3) is 0 Å². The summed E-state index contributed by atoms with van der Waals surface area (Å²) in [5, 5.41) is 7.67. The summed E-state index contributed by atoms with van der Waals surface area (Å²) in [6.07, 6.45) is 0.190. The third-order valence-corrected chi connectivity index (χ3v) is 6.02. The van der Waals surface area contributed by atoms with Gasteiger partial charge in [-0.1, -0.05) is 42.5 Å². The monoisotopic (exact) mass is 432 g/mol.